The number of benzene rings is 1. The van der Waals surface area contributed by atoms with Gasteiger partial charge in [-0.05, 0) is 12.1 Å². The summed E-state index contributed by atoms with van der Waals surface area (Å²) in [5.74, 6) is -0.877. The lowest BCUT2D eigenvalue weighted by Gasteiger charge is -2.26. The minimum atomic E-state index is -1.04. The normalized spacial score (nSPS) is 15.3. The number of hydrogen-bond donors (Lipinski definition) is 1. The summed E-state index contributed by atoms with van der Waals surface area (Å²) in [7, 11) is 0. The number of pyridine rings is 1. The molecule has 0 atom stereocenters. The Morgan fingerprint density at radius 3 is 2.83 bits per heavy atom. The number of carboxylic acid groups (broad SMARTS) is 1. The van der Waals surface area contributed by atoms with Crippen molar-refractivity contribution in [3.63, 3.8) is 0 Å². The molecule has 1 N–H and O–H groups in total. The highest BCUT2D eigenvalue weighted by atomic mass is 16.6. The Labute approximate surface area is 103 Å². The van der Waals surface area contributed by atoms with Crippen molar-refractivity contribution in [1.29, 1.82) is 0 Å². The van der Waals surface area contributed by atoms with Crippen molar-refractivity contribution in [2.75, 3.05) is 13.2 Å². The van der Waals surface area contributed by atoms with Crippen LogP contribution in [0.2, 0.25) is 0 Å². The van der Waals surface area contributed by atoms with Crippen LogP contribution in [0.3, 0.4) is 0 Å². The molecule has 2 aromatic rings. The maximum atomic E-state index is 11.2. The Balaban J connectivity index is 2.07. The Morgan fingerprint density at radius 2 is 2.17 bits per heavy atom. The number of nitrogens with zero attached hydrogens (tertiary/aromatic N) is 1. The lowest BCUT2D eigenvalue weighted by Crippen LogP contribution is -2.39. The molecule has 0 bridgehead atoms. The topological polar surface area (TPSA) is 68.7 Å². The molecule has 5 nitrogen and oxygen atoms in total. The molecule has 0 amide bonds. The summed E-state index contributed by atoms with van der Waals surface area (Å²) in [6.45, 7) is 0.959. The van der Waals surface area contributed by atoms with Crippen molar-refractivity contribution in [2.45, 2.75) is 6.10 Å². The first-order chi connectivity index (χ1) is 8.74. The van der Waals surface area contributed by atoms with Gasteiger partial charge in [-0.2, -0.15) is 0 Å². The van der Waals surface area contributed by atoms with E-state index >= 15 is 0 Å². The quantitative estimate of drug-likeness (QED) is 0.891. The van der Waals surface area contributed by atoms with Gasteiger partial charge < -0.3 is 14.6 Å². The molecular weight excluding hydrogens is 234 g/mol. The summed E-state index contributed by atoms with van der Waals surface area (Å²) in [5, 5.41) is 9.96. The van der Waals surface area contributed by atoms with Crippen LogP contribution in [0.25, 0.3) is 10.9 Å². The Bertz CT molecular complexity index is 607. The van der Waals surface area contributed by atoms with E-state index in [2.05, 4.69) is 4.98 Å². The fourth-order valence-corrected chi connectivity index (χ4v) is 1.78. The van der Waals surface area contributed by atoms with Crippen LogP contribution in [0.5, 0.6) is 5.88 Å². The van der Waals surface area contributed by atoms with E-state index in [-0.39, 0.29) is 17.5 Å². The van der Waals surface area contributed by atoms with Gasteiger partial charge in [-0.25, -0.2) is 9.78 Å². The van der Waals surface area contributed by atoms with Crippen molar-refractivity contribution in [3.05, 3.63) is 35.9 Å². The summed E-state index contributed by atoms with van der Waals surface area (Å²) in [4.78, 5) is 15.5. The number of ether oxygens (including phenoxy) is 2. The number of rotatable bonds is 3. The van der Waals surface area contributed by atoms with E-state index in [4.69, 9.17) is 9.47 Å². The van der Waals surface area contributed by atoms with Crippen LogP contribution >= 0.6 is 0 Å². The van der Waals surface area contributed by atoms with Crippen LogP contribution in [0, 0.1) is 0 Å². The summed E-state index contributed by atoms with van der Waals surface area (Å²) < 4.78 is 10.5. The van der Waals surface area contributed by atoms with E-state index in [1.807, 2.05) is 24.3 Å². The SMILES string of the molecule is O=C(O)c1cc2ccccc2nc1OC1COC1. The average molecular weight is 245 g/mol. The third-order valence-corrected chi connectivity index (χ3v) is 2.81. The van der Waals surface area contributed by atoms with Crippen LogP contribution in [-0.2, 0) is 4.74 Å². The van der Waals surface area contributed by atoms with E-state index in [1.165, 1.54) is 0 Å². The molecule has 1 fully saturated rings. The lowest BCUT2D eigenvalue weighted by atomic mass is 10.1. The first-order valence-electron chi connectivity index (χ1n) is 5.61. The van der Waals surface area contributed by atoms with Crippen LogP contribution in [0.4, 0.5) is 0 Å². The molecule has 0 spiro atoms. The van der Waals surface area contributed by atoms with Gasteiger partial charge in [0.15, 0.2) is 0 Å². The van der Waals surface area contributed by atoms with Crippen molar-refractivity contribution in [2.24, 2.45) is 0 Å². The number of hydrogen-bond acceptors (Lipinski definition) is 4. The molecule has 18 heavy (non-hydrogen) atoms. The molecule has 1 saturated heterocycles. The van der Waals surface area contributed by atoms with E-state index < -0.39 is 5.97 Å². The molecular formula is C13H11NO4. The molecule has 0 unspecified atom stereocenters. The predicted octanol–water partition coefficient (Wildman–Crippen LogP) is 1.71. The maximum Gasteiger partial charge on any atom is 0.341 e. The second kappa shape index (κ2) is 4.27. The molecule has 3 rings (SSSR count). The fraction of sp³-hybridized carbons (Fsp3) is 0.231. The maximum absolute atomic E-state index is 11.2. The molecule has 1 aromatic heterocycles. The highest BCUT2D eigenvalue weighted by molar-refractivity contribution is 5.95. The van der Waals surface area contributed by atoms with E-state index in [9.17, 15) is 9.90 Å². The number of fused-ring (bicyclic) bond motifs is 1. The van der Waals surface area contributed by atoms with E-state index in [0.717, 1.165) is 10.9 Å². The molecule has 1 aliphatic rings. The number of carboxylic acids is 1. The zero-order valence-electron chi connectivity index (χ0n) is 9.50. The molecule has 2 heterocycles. The first kappa shape index (κ1) is 11.0. The number of carbonyl (C=O) groups is 1. The van der Waals surface area contributed by atoms with Crippen molar-refractivity contribution in [3.8, 4) is 5.88 Å². The Kier molecular flexibility index (Phi) is 2.60. The van der Waals surface area contributed by atoms with Crippen LogP contribution in [-0.4, -0.2) is 35.4 Å². The number of para-hydroxylation sites is 1. The van der Waals surface area contributed by atoms with Crippen molar-refractivity contribution >= 4 is 16.9 Å². The van der Waals surface area contributed by atoms with Crippen LogP contribution in [0.1, 0.15) is 10.4 Å². The second-order valence-corrected chi connectivity index (χ2v) is 4.12. The van der Waals surface area contributed by atoms with Gasteiger partial charge in [-0.3, -0.25) is 0 Å². The van der Waals surface area contributed by atoms with Gasteiger partial charge in [0.25, 0.3) is 0 Å². The molecule has 1 aliphatic heterocycles. The fourth-order valence-electron chi connectivity index (χ4n) is 1.78. The summed E-state index contributed by atoms with van der Waals surface area (Å²) in [6.07, 6.45) is -0.100. The summed E-state index contributed by atoms with van der Waals surface area (Å²) in [5.41, 5.74) is 0.804. The third kappa shape index (κ3) is 1.89. The highest BCUT2D eigenvalue weighted by Crippen LogP contribution is 2.24. The van der Waals surface area contributed by atoms with Gasteiger partial charge in [0, 0.05) is 5.39 Å². The minimum absolute atomic E-state index is 0.0839. The molecule has 0 radical (unpaired) electrons. The lowest BCUT2D eigenvalue weighted by molar-refractivity contribution is -0.0815. The first-order valence-corrected chi connectivity index (χ1v) is 5.61. The van der Waals surface area contributed by atoms with Gasteiger partial charge in [-0.1, -0.05) is 18.2 Å². The van der Waals surface area contributed by atoms with Gasteiger partial charge in [0.1, 0.15) is 11.7 Å². The molecule has 5 heteroatoms. The van der Waals surface area contributed by atoms with Gasteiger partial charge >= 0.3 is 5.97 Å². The average Bonchev–Trinajstić information content (AvgIpc) is 2.32. The Hall–Kier alpha value is -2.14. The molecule has 1 aromatic carbocycles. The zero-order chi connectivity index (χ0) is 12.5. The second-order valence-electron chi connectivity index (χ2n) is 4.12. The zero-order valence-corrected chi connectivity index (χ0v) is 9.50. The monoisotopic (exact) mass is 245 g/mol. The minimum Gasteiger partial charge on any atom is -0.477 e. The van der Waals surface area contributed by atoms with Crippen LogP contribution in [0.15, 0.2) is 30.3 Å². The van der Waals surface area contributed by atoms with Crippen molar-refractivity contribution in [1.82, 2.24) is 4.98 Å². The molecule has 92 valence electrons. The van der Waals surface area contributed by atoms with Gasteiger partial charge in [-0.15, -0.1) is 0 Å². The summed E-state index contributed by atoms with van der Waals surface area (Å²) >= 11 is 0. The van der Waals surface area contributed by atoms with Crippen molar-refractivity contribution < 1.29 is 19.4 Å². The smallest absolute Gasteiger partial charge is 0.341 e. The predicted molar refractivity (Wildman–Crippen MR) is 63.9 cm³/mol. The van der Waals surface area contributed by atoms with E-state index in [1.54, 1.807) is 6.07 Å². The van der Waals surface area contributed by atoms with E-state index in [0.29, 0.717) is 13.2 Å². The third-order valence-electron chi connectivity index (χ3n) is 2.81. The van der Waals surface area contributed by atoms with Gasteiger partial charge in [0.05, 0.1) is 18.7 Å². The molecule has 0 saturated carbocycles. The molecule has 0 aliphatic carbocycles. The summed E-state index contributed by atoms with van der Waals surface area (Å²) in [6, 6.07) is 8.93. The van der Waals surface area contributed by atoms with Crippen LogP contribution < -0.4 is 4.74 Å². The highest BCUT2D eigenvalue weighted by Gasteiger charge is 2.24. The standard InChI is InChI=1S/C13H11NO4/c15-13(16)10-5-8-3-1-2-4-11(8)14-12(10)18-9-6-17-7-9/h1-5,9H,6-7H2,(H,15,16). The number of aromatic nitrogens is 1. The number of aromatic carboxylic acids is 1. The Morgan fingerprint density at radius 1 is 1.39 bits per heavy atom. The van der Waals surface area contributed by atoms with Gasteiger partial charge in [0.2, 0.25) is 5.88 Å². The largest absolute Gasteiger partial charge is 0.477 e.